The first-order chi connectivity index (χ1) is 15.2. The minimum Gasteiger partial charge on any atom is -0.481 e. The maximum atomic E-state index is 13.3. The number of pyridine rings is 1. The number of alkyl halides is 1. The molecule has 0 aliphatic rings. The third-order valence-electron chi connectivity index (χ3n) is 5.48. The molecule has 1 amide bonds. The maximum Gasteiger partial charge on any atom is 0.305 e. The fraction of sp³-hybridized carbons (Fsp3) is 0.348. The smallest absolute Gasteiger partial charge is 0.305 e. The normalized spacial score (nSPS) is 13.2. The Morgan fingerprint density at radius 1 is 1.06 bits per heavy atom. The Morgan fingerprint density at radius 2 is 1.75 bits per heavy atom. The molecule has 2 aromatic heterocycles. The van der Waals surface area contributed by atoms with Gasteiger partial charge in [-0.25, -0.2) is 4.39 Å². The summed E-state index contributed by atoms with van der Waals surface area (Å²) in [5.74, 6) is -4.49. The number of nitrogens with zero attached hydrogens (tertiary/aromatic N) is 2. The molecule has 0 fully saturated rings. The summed E-state index contributed by atoms with van der Waals surface area (Å²) in [5.41, 5.74) is 1.34. The molecule has 32 heavy (non-hydrogen) atoms. The molecule has 0 aliphatic heterocycles. The Bertz CT molecular complexity index is 1130. The molecular formula is C23H24FN3O5. The molecule has 3 rings (SSSR count). The number of carbonyl (C=O) groups excluding carboxylic acids is 3. The molecule has 0 spiro atoms. The van der Waals surface area contributed by atoms with E-state index in [1.807, 2.05) is 18.2 Å². The molecule has 8 nitrogen and oxygen atoms in total. The Hall–Kier alpha value is -3.62. The van der Waals surface area contributed by atoms with Crippen molar-refractivity contribution in [3.63, 3.8) is 0 Å². The van der Waals surface area contributed by atoms with Gasteiger partial charge in [-0.15, -0.1) is 0 Å². The number of rotatable bonds is 9. The molecule has 0 saturated heterocycles. The highest BCUT2D eigenvalue weighted by Gasteiger charge is 2.31. The zero-order valence-corrected chi connectivity index (χ0v) is 17.7. The second-order valence-corrected chi connectivity index (χ2v) is 7.95. The molecule has 0 aliphatic carbocycles. The number of hydrogen-bond donors (Lipinski definition) is 2. The second kappa shape index (κ2) is 9.67. The largest absolute Gasteiger partial charge is 0.481 e. The molecular weight excluding hydrogens is 417 g/mol. The maximum absolute atomic E-state index is 13.3. The number of carboxylic acids is 1. The first-order valence-electron chi connectivity index (χ1n) is 10.2. The average molecular weight is 441 g/mol. The number of fused-ring (bicyclic) bond motifs is 3. The summed E-state index contributed by atoms with van der Waals surface area (Å²) in [6.07, 6.45) is 2.35. The van der Waals surface area contributed by atoms with Crippen LogP contribution in [0, 0.1) is 11.8 Å². The van der Waals surface area contributed by atoms with Gasteiger partial charge in [-0.2, -0.15) is 0 Å². The zero-order valence-electron chi connectivity index (χ0n) is 17.7. The van der Waals surface area contributed by atoms with Crippen molar-refractivity contribution in [2.45, 2.75) is 32.7 Å². The highest BCUT2D eigenvalue weighted by atomic mass is 19.1. The van der Waals surface area contributed by atoms with Crippen LogP contribution in [0.3, 0.4) is 0 Å². The number of Topliss-reactive ketones (excluding diaryl/α,β-unsaturated/α-hetero) is 1. The average Bonchev–Trinajstić information content (AvgIpc) is 3.10. The van der Waals surface area contributed by atoms with Crippen LogP contribution in [0.2, 0.25) is 0 Å². The van der Waals surface area contributed by atoms with Crippen LogP contribution in [0.15, 0.2) is 42.7 Å². The molecule has 0 saturated carbocycles. The number of amides is 1. The number of aromatic nitrogens is 2. The number of halogens is 1. The summed E-state index contributed by atoms with van der Waals surface area (Å²) >= 11 is 0. The zero-order chi connectivity index (χ0) is 23.4. The van der Waals surface area contributed by atoms with Crippen LogP contribution in [0.25, 0.3) is 21.8 Å². The monoisotopic (exact) mass is 441 g/mol. The van der Waals surface area contributed by atoms with Crippen LogP contribution in [0.1, 0.15) is 31.5 Å². The van der Waals surface area contributed by atoms with Crippen LogP contribution in [-0.4, -0.2) is 50.9 Å². The van der Waals surface area contributed by atoms with Gasteiger partial charge in [-0.3, -0.25) is 28.7 Å². The van der Waals surface area contributed by atoms with Crippen molar-refractivity contribution in [1.82, 2.24) is 14.9 Å². The standard InChI is InChI=1S/C23H24FN3O5/c1-13(2)15(23(32)26-17(10-22(30)31)20(28)11-24)9-21(29)27-18-6-4-3-5-14(18)16-12-25-8-7-19(16)27/h3-8,12-13,15,17H,9-11H2,1-2H3,(H,26,32)(H,30,31)/t15-,17?/m1/s1. The van der Waals surface area contributed by atoms with E-state index in [2.05, 4.69) is 10.3 Å². The fourth-order valence-corrected chi connectivity index (χ4v) is 3.79. The Morgan fingerprint density at radius 3 is 2.41 bits per heavy atom. The highest BCUT2D eigenvalue weighted by molar-refractivity contribution is 6.13. The summed E-state index contributed by atoms with van der Waals surface area (Å²) < 4.78 is 14.4. The van der Waals surface area contributed by atoms with E-state index < -0.39 is 42.7 Å². The quantitative estimate of drug-likeness (QED) is 0.527. The van der Waals surface area contributed by atoms with E-state index >= 15 is 0 Å². The van der Waals surface area contributed by atoms with E-state index in [0.29, 0.717) is 11.0 Å². The molecule has 0 bridgehead atoms. The molecule has 2 heterocycles. The van der Waals surface area contributed by atoms with Crippen molar-refractivity contribution < 1.29 is 28.7 Å². The van der Waals surface area contributed by atoms with E-state index in [-0.39, 0.29) is 18.2 Å². The van der Waals surface area contributed by atoms with E-state index in [1.165, 1.54) is 4.57 Å². The number of ketones is 1. The molecule has 168 valence electrons. The van der Waals surface area contributed by atoms with Gasteiger partial charge in [0.2, 0.25) is 11.8 Å². The van der Waals surface area contributed by atoms with Gasteiger partial charge < -0.3 is 10.4 Å². The summed E-state index contributed by atoms with van der Waals surface area (Å²) in [5, 5.41) is 13.0. The SMILES string of the molecule is CC(C)[C@@H](CC(=O)n1c2ccccc2c2cnccc21)C(=O)NC(CC(=O)O)C(=O)CF. The summed E-state index contributed by atoms with van der Waals surface area (Å²) in [4.78, 5) is 53.1. The van der Waals surface area contributed by atoms with Crippen molar-refractivity contribution in [1.29, 1.82) is 0 Å². The summed E-state index contributed by atoms with van der Waals surface area (Å²) in [6.45, 7) is 2.10. The van der Waals surface area contributed by atoms with Crippen LogP contribution in [-0.2, 0) is 14.4 Å². The minimum atomic E-state index is -1.49. The lowest BCUT2D eigenvalue weighted by Gasteiger charge is -2.23. The molecule has 2 N–H and O–H groups in total. The van der Waals surface area contributed by atoms with Crippen LogP contribution in [0.4, 0.5) is 4.39 Å². The number of hydrogen-bond acceptors (Lipinski definition) is 5. The predicted octanol–water partition coefficient (Wildman–Crippen LogP) is 2.99. The molecule has 1 unspecified atom stereocenters. The number of benzene rings is 1. The first-order valence-corrected chi connectivity index (χ1v) is 10.2. The lowest BCUT2D eigenvalue weighted by atomic mass is 9.90. The number of nitrogens with one attached hydrogen (secondary N) is 1. The van der Waals surface area contributed by atoms with Crippen molar-refractivity contribution >= 4 is 45.4 Å². The minimum absolute atomic E-state index is 0.177. The van der Waals surface area contributed by atoms with Gasteiger partial charge in [-0.1, -0.05) is 32.0 Å². The predicted molar refractivity (Wildman–Crippen MR) is 116 cm³/mol. The number of carboxylic acid groups (broad SMARTS) is 1. The Labute approximate surface area is 183 Å². The van der Waals surface area contributed by atoms with Gasteiger partial charge in [0, 0.05) is 35.5 Å². The Balaban J connectivity index is 1.91. The van der Waals surface area contributed by atoms with E-state index in [4.69, 9.17) is 5.11 Å². The Kier molecular flexibility index (Phi) is 6.97. The van der Waals surface area contributed by atoms with Crippen molar-refractivity contribution in [2.75, 3.05) is 6.67 Å². The van der Waals surface area contributed by atoms with Gasteiger partial charge in [0.25, 0.3) is 0 Å². The van der Waals surface area contributed by atoms with Crippen molar-refractivity contribution in [2.24, 2.45) is 11.8 Å². The third-order valence-corrected chi connectivity index (χ3v) is 5.48. The lowest BCUT2D eigenvalue weighted by Crippen LogP contribution is -2.47. The van der Waals surface area contributed by atoms with Gasteiger partial charge in [0.05, 0.1) is 17.5 Å². The van der Waals surface area contributed by atoms with Crippen LogP contribution >= 0.6 is 0 Å². The van der Waals surface area contributed by atoms with Crippen molar-refractivity contribution in [3.05, 3.63) is 42.7 Å². The summed E-state index contributed by atoms with van der Waals surface area (Å²) in [7, 11) is 0. The topological polar surface area (TPSA) is 118 Å². The molecule has 1 aromatic carbocycles. The molecule has 3 aromatic rings. The number of para-hydroxylation sites is 1. The van der Waals surface area contributed by atoms with Gasteiger partial charge >= 0.3 is 5.97 Å². The van der Waals surface area contributed by atoms with E-state index in [9.17, 15) is 23.6 Å². The van der Waals surface area contributed by atoms with Crippen LogP contribution in [0.5, 0.6) is 0 Å². The third kappa shape index (κ3) is 4.66. The van der Waals surface area contributed by atoms with Crippen LogP contribution < -0.4 is 5.32 Å². The summed E-state index contributed by atoms with van der Waals surface area (Å²) in [6, 6.07) is 7.60. The second-order valence-electron chi connectivity index (χ2n) is 7.95. The fourth-order valence-electron chi connectivity index (χ4n) is 3.79. The van der Waals surface area contributed by atoms with Gasteiger partial charge in [0.1, 0.15) is 12.7 Å². The molecule has 9 heteroatoms. The van der Waals surface area contributed by atoms with Gasteiger partial charge in [0.15, 0.2) is 5.78 Å². The lowest BCUT2D eigenvalue weighted by molar-refractivity contribution is -0.140. The van der Waals surface area contributed by atoms with Gasteiger partial charge in [-0.05, 0) is 18.1 Å². The van der Waals surface area contributed by atoms with E-state index in [0.717, 1.165) is 10.8 Å². The molecule has 0 radical (unpaired) electrons. The number of carbonyl (C=O) groups is 4. The highest BCUT2D eigenvalue weighted by Crippen LogP contribution is 2.29. The van der Waals surface area contributed by atoms with Crippen molar-refractivity contribution in [3.8, 4) is 0 Å². The first kappa shape index (κ1) is 23.1. The number of aliphatic carboxylic acids is 1. The van der Waals surface area contributed by atoms with E-state index in [1.54, 1.807) is 38.4 Å². The molecule has 2 atom stereocenters.